The lowest BCUT2D eigenvalue weighted by Gasteiger charge is -2.20. The second-order valence-corrected chi connectivity index (χ2v) is 6.53. The van der Waals surface area contributed by atoms with Crippen molar-refractivity contribution in [1.82, 2.24) is 10.6 Å². The fourth-order valence-electron chi connectivity index (χ4n) is 1.88. The predicted octanol–water partition coefficient (Wildman–Crippen LogP) is 1.85. The SMILES string of the molecule is Cc1cc(C)cc(OCC(=O)OCC(=O)NC(=O)NC(C)(C)C)c1. The summed E-state index contributed by atoms with van der Waals surface area (Å²) in [5.74, 6) is -0.851. The summed E-state index contributed by atoms with van der Waals surface area (Å²) in [6.07, 6.45) is 0. The predicted molar refractivity (Wildman–Crippen MR) is 88.8 cm³/mol. The van der Waals surface area contributed by atoms with Crippen molar-refractivity contribution in [3.05, 3.63) is 29.3 Å². The standard InChI is InChI=1S/C17H24N2O5/c1-11-6-12(2)8-13(7-11)23-10-15(21)24-9-14(20)18-16(22)19-17(3,4)5/h6-8H,9-10H2,1-5H3,(H2,18,19,20,22). The summed E-state index contributed by atoms with van der Waals surface area (Å²) >= 11 is 0. The Kier molecular flexibility index (Phi) is 6.76. The fourth-order valence-corrected chi connectivity index (χ4v) is 1.88. The summed E-state index contributed by atoms with van der Waals surface area (Å²) in [6.45, 7) is 8.32. The van der Waals surface area contributed by atoms with Crippen LogP contribution in [0.25, 0.3) is 0 Å². The van der Waals surface area contributed by atoms with E-state index in [0.29, 0.717) is 5.75 Å². The van der Waals surface area contributed by atoms with Gasteiger partial charge in [-0.05, 0) is 57.9 Å². The minimum Gasteiger partial charge on any atom is -0.482 e. The van der Waals surface area contributed by atoms with E-state index in [-0.39, 0.29) is 6.61 Å². The molecule has 24 heavy (non-hydrogen) atoms. The summed E-state index contributed by atoms with van der Waals surface area (Å²) in [5.41, 5.74) is 1.56. The lowest BCUT2D eigenvalue weighted by Crippen LogP contribution is -2.49. The first-order valence-electron chi connectivity index (χ1n) is 7.54. The van der Waals surface area contributed by atoms with Gasteiger partial charge in [0.25, 0.3) is 5.91 Å². The highest BCUT2D eigenvalue weighted by Crippen LogP contribution is 2.16. The maximum Gasteiger partial charge on any atom is 0.344 e. The number of nitrogens with one attached hydrogen (secondary N) is 2. The van der Waals surface area contributed by atoms with E-state index >= 15 is 0 Å². The van der Waals surface area contributed by atoms with Crippen LogP contribution >= 0.6 is 0 Å². The van der Waals surface area contributed by atoms with E-state index in [1.165, 1.54) is 0 Å². The highest BCUT2D eigenvalue weighted by atomic mass is 16.6. The minimum absolute atomic E-state index is 0.315. The Labute approximate surface area is 141 Å². The molecule has 0 aromatic heterocycles. The van der Waals surface area contributed by atoms with E-state index in [1.807, 2.05) is 19.9 Å². The topological polar surface area (TPSA) is 93.7 Å². The number of amides is 3. The van der Waals surface area contributed by atoms with E-state index in [2.05, 4.69) is 10.6 Å². The van der Waals surface area contributed by atoms with Crippen molar-refractivity contribution in [2.45, 2.75) is 40.2 Å². The van der Waals surface area contributed by atoms with Crippen molar-refractivity contribution >= 4 is 17.9 Å². The molecule has 0 heterocycles. The highest BCUT2D eigenvalue weighted by Gasteiger charge is 2.16. The third kappa shape index (κ3) is 8.17. The molecule has 1 aromatic rings. The number of hydrogen-bond acceptors (Lipinski definition) is 5. The van der Waals surface area contributed by atoms with Crippen LogP contribution in [0.15, 0.2) is 18.2 Å². The molecule has 1 rings (SSSR count). The smallest absolute Gasteiger partial charge is 0.344 e. The monoisotopic (exact) mass is 336 g/mol. The van der Waals surface area contributed by atoms with Crippen LogP contribution in [0, 0.1) is 13.8 Å². The number of benzene rings is 1. The normalized spacial score (nSPS) is 10.7. The van der Waals surface area contributed by atoms with Crippen molar-refractivity contribution < 1.29 is 23.9 Å². The van der Waals surface area contributed by atoms with Gasteiger partial charge in [0.05, 0.1) is 0 Å². The number of urea groups is 1. The van der Waals surface area contributed by atoms with Crippen LogP contribution in [-0.2, 0) is 14.3 Å². The first-order valence-corrected chi connectivity index (χ1v) is 7.54. The maximum atomic E-state index is 11.6. The van der Waals surface area contributed by atoms with Crippen LogP contribution < -0.4 is 15.4 Å². The van der Waals surface area contributed by atoms with Crippen LogP contribution in [0.4, 0.5) is 4.79 Å². The lowest BCUT2D eigenvalue weighted by atomic mass is 10.1. The summed E-state index contributed by atoms with van der Waals surface area (Å²) in [4.78, 5) is 34.6. The molecule has 0 atom stereocenters. The third-order valence-electron chi connectivity index (χ3n) is 2.66. The van der Waals surface area contributed by atoms with E-state index in [1.54, 1.807) is 32.9 Å². The quantitative estimate of drug-likeness (QED) is 0.800. The van der Waals surface area contributed by atoms with Crippen LogP contribution in [-0.4, -0.2) is 36.7 Å². The second kappa shape index (κ2) is 8.33. The number of carbonyl (C=O) groups excluding carboxylic acids is 3. The minimum atomic E-state index is -0.712. The molecule has 7 heteroatoms. The Morgan fingerprint density at radius 3 is 2.12 bits per heavy atom. The van der Waals surface area contributed by atoms with Crippen molar-refractivity contribution in [3.8, 4) is 5.75 Å². The molecule has 3 amide bonds. The van der Waals surface area contributed by atoms with Crippen molar-refractivity contribution in [3.63, 3.8) is 0 Å². The second-order valence-electron chi connectivity index (χ2n) is 6.53. The van der Waals surface area contributed by atoms with Gasteiger partial charge < -0.3 is 14.8 Å². The number of carbonyl (C=O) groups is 3. The van der Waals surface area contributed by atoms with Gasteiger partial charge in [0.15, 0.2) is 13.2 Å². The average molecular weight is 336 g/mol. The van der Waals surface area contributed by atoms with Crippen LogP contribution in [0.2, 0.25) is 0 Å². The summed E-state index contributed by atoms with van der Waals surface area (Å²) in [6, 6.07) is 4.93. The molecule has 132 valence electrons. The van der Waals surface area contributed by atoms with E-state index < -0.39 is 30.1 Å². The zero-order chi connectivity index (χ0) is 18.3. The van der Waals surface area contributed by atoms with Gasteiger partial charge in [0, 0.05) is 5.54 Å². The van der Waals surface area contributed by atoms with Crippen LogP contribution in [0.1, 0.15) is 31.9 Å². The van der Waals surface area contributed by atoms with Gasteiger partial charge in [-0.1, -0.05) is 6.07 Å². The van der Waals surface area contributed by atoms with Gasteiger partial charge in [-0.25, -0.2) is 9.59 Å². The molecule has 0 aliphatic carbocycles. The van der Waals surface area contributed by atoms with Crippen molar-refractivity contribution in [2.24, 2.45) is 0 Å². The maximum absolute atomic E-state index is 11.6. The largest absolute Gasteiger partial charge is 0.482 e. The van der Waals surface area contributed by atoms with Gasteiger partial charge >= 0.3 is 12.0 Å². The molecule has 0 radical (unpaired) electrons. The Bertz CT molecular complexity index is 600. The molecule has 0 bridgehead atoms. The third-order valence-corrected chi connectivity index (χ3v) is 2.66. The zero-order valence-electron chi connectivity index (χ0n) is 14.7. The number of aryl methyl sites for hydroxylation is 2. The lowest BCUT2D eigenvalue weighted by molar-refractivity contribution is -0.150. The van der Waals surface area contributed by atoms with Gasteiger partial charge in [-0.2, -0.15) is 0 Å². The van der Waals surface area contributed by atoms with Gasteiger partial charge in [-0.3, -0.25) is 10.1 Å². The molecule has 1 aromatic carbocycles. The summed E-state index contributed by atoms with van der Waals surface area (Å²) in [7, 11) is 0. The summed E-state index contributed by atoms with van der Waals surface area (Å²) < 4.78 is 10.1. The average Bonchev–Trinajstić information content (AvgIpc) is 2.39. The number of hydrogen-bond donors (Lipinski definition) is 2. The molecule has 0 aliphatic rings. The zero-order valence-corrected chi connectivity index (χ0v) is 14.7. The van der Waals surface area contributed by atoms with Crippen LogP contribution in [0.3, 0.4) is 0 Å². The number of imide groups is 1. The van der Waals surface area contributed by atoms with Gasteiger partial charge in [0.1, 0.15) is 5.75 Å². The van der Waals surface area contributed by atoms with Crippen LogP contribution in [0.5, 0.6) is 5.75 Å². The fraction of sp³-hybridized carbons (Fsp3) is 0.471. The molecule has 7 nitrogen and oxygen atoms in total. The molecule has 0 fully saturated rings. The van der Waals surface area contributed by atoms with Gasteiger partial charge in [0.2, 0.25) is 0 Å². The highest BCUT2D eigenvalue weighted by molar-refractivity contribution is 5.95. The first kappa shape index (κ1) is 19.5. The number of ether oxygens (including phenoxy) is 2. The molecule has 0 saturated carbocycles. The van der Waals surface area contributed by atoms with Gasteiger partial charge in [-0.15, -0.1) is 0 Å². The molecular weight excluding hydrogens is 312 g/mol. The molecule has 0 saturated heterocycles. The first-order chi connectivity index (χ1) is 11.0. The molecule has 0 aliphatic heterocycles. The number of esters is 1. The number of rotatable bonds is 5. The van der Waals surface area contributed by atoms with Crippen molar-refractivity contribution in [2.75, 3.05) is 13.2 Å². The van der Waals surface area contributed by atoms with E-state index in [9.17, 15) is 14.4 Å². The molecule has 0 unspecified atom stereocenters. The Hall–Kier alpha value is -2.57. The van der Waals surface area contributed by atoms with Crippen molar-refractivity contribution in [1.29, 1.82) is 0 Å². The molecule has 2 N–H and O–H groups in total. The summed E-state index contributed by atoms with van der Waals surface area (Å²) in [5, 5.41) is 4.63. The van der Waals surface area contributed by atoms with E-state index in [0.717, 1.165) is 11.1 Å². The molecular formula is C17H24N2O5. The molecule has 0 spiro atoms. The Balaban J connectivity index is 2.33. The Morgan fingerprint density at radius 1 is 1.00 bits per heavy atom. The Morgan fingerprint density at radius 2 is 1.58 bits per heavy atom. The van der Waals surface area contributed by atoms with E-state index in [4.69, 9.17) is 9.47 Å².